The van der Waals surface area contributed by atoms with Crippen LogP contribution in [0.2, 0.25) is 0 Å². The molecule has 4 heteroatoms. The summed E-state index contributed by atoms with van der Waals surface area (Å²) in [6.07, 6.45) is 4.38. The first-order chi connectivity index (χ1) is 8.54. The third-order valence-corrected chi connectivity index (χ3v) is 3.67. The topological polar surface area (TPSA) is 35.8 Å². The molecule has 0 atom stereocenters. The largest absolute Gasteiger partial charge is 0.307 e. The van der Waals surface area contributed by atoms with Crippen molar-refractivity contribution < 1.29 is 8.78 Å². The van der Waals surface area contributed by atoms with Gasteiger partial charge in [-0.15, -0.1) is 0 Å². The second-order valence-electron chi connectivity index (χ2n) is 5.15. The Balaban J connectivity index is 2.12. The highest BCUT2D eigenvalue weighted by atomic mass is 19.1. The first-order valence-electron chi connectivity index (χ1n) is 6.17. The smallest absolute Gasteiger partial charge is 0.131 e. The van der Waals surface area contributed by atoms with Crippen LogP contribution in [-0.2, 0) is 6.54 Å². The molecule has 2 nitrogen and oxygen atoms in total. The summed E-state index contributed by atoms with van der Waals surface area (Å²) in [6, 6.07) is 3.90. The lowest BCUT2D eigenvalue weighted by Crippen LogP contribution is -2.39. The maximum atomic E-state index is 13.7. The highest BCUT2D eigenvalue weighted by molar-refractivity contribution is 5.34. The number of hydrogen-bond donors (Lipinski definition) is 1. The average Bonchev–Trinajstić information content (AvgIpc) is 2.75. The van der Waals surface area contributed by atoms with Crippen LogP contribution in [0.5, 0.6) is 0 Å². The number of nitrogens with zero attached hydrogens (tertiary/aromatic N) is 1. The Morgan fingerprint density at radius 1 is 1.28 bits per heavy atom. The van der Waals surface area contributed by atoms with Crippen LogP contribution in [0.4, 0.5) is 8.78 Å². The van der Waals surface area contributed by atoms with E-state index in [0.29, 0.717) is 0 Å². The van der Waals surface area contributed by atoms with E-state index in [1.807, 2.05) is 0 Å². The first-order valence-corrected chi connectivity index (χ1v) is 6.17. The van der Waals surface area contributed by atoms with Crippen LogP contribution in [0.15, 0.2) is 12.1 Å². The van der Waals surface area contributed by atoms with Gasteiger partial charge in [-0.1, -0.05) is 12.8 Å². The van der Waals surface area contributed by atoms with Crippen molar-refractivity contribution in [2.24, 2.45) is 0 Å². The second kappa shape index (κ2) is 5.03. The zero-order valence-electron chi connectivity index (χ0n) is 10.4. The van der Waals surface area contributed by atoms with Crippen LogP contribution in [0.3, 0.4) is 0 Å². The summed E-state index contributed by atoms with van der Waals surface area (Å²) in [5.74, 6) is -1.30. The van der Waals surface area contributed by atoms with Crippen molar-refractivity contribution >= 4 is 0 Å². The third kappa shape index (κ3) is 2.68. The van der Waals surface area contributed by atoms with Gasteiger partial charge in [-0.3, -0.25) is 0 Å². The molecule has 18 heavy (non-hydrogen) atoms. The van der Waals surface area contributed by atoms with Gasteiger partial charge in [-0.25, -0.2) is 8.78 Å². The van der Waals surface area contributed by atoms with Crippen LogP contribution in [0, 0.1) is 23.0 Å². The number of hydrogen-bond acceptors (Lipinski definition) is 2. The van der Waals surface area contributed by atoms with Crippen molar-refractivity contribution in [1.29, 1.82) is 5.26 Å². The van der Waals surface area contributed by atoms with Gasteiger partial charge in [0.2, 0.25) is 0 Å². The molecule has 0 bridgehead atoms. The Bertz CT molecular complexity index is 462. The van der Waals surface area contributed by atoms with E-state index in [1.165, 1.54) is 0 Å². The molecule has 0 aliphatic heterocycles. The van der Waals surface area contributed by atoms with Gasteiger partial charge >= 0.3 is 0 Å². The Hall–Kier alpha value is -1.47. The Labute approximate surface area is 106 Å². The van der Waals surface area contributed by atoms with Crippen molar-refractivity contribution in [3.63, 3.8) is 0 Å². The Morgan fingerprint density at radius 3 is 2.33 bits per heavy atom. The van der Waals surface area contributed by atoms with E-state index >= 15 is 0 Å². The lowest BCUT2D eigenvalue weighted by molar-refractivity contribution is 0.355. The number of benzene rings is 1. The van der Waals surface area contributed by atoms with E-state index in [1.54, 1.807) is 6.07 Å². The van der Waals surface area contributed by atoms with Crippen LogP contribution < -0.4 is 5.32 Å². The van der Waals surface area contributed by atoms with E-state index in [4.69, 9.17) is 5.26 Å². The zero-order valence-corrected chi connectivity index (χ0v) is 10.4. The third-order valence-electron chi connectivity index (χ3n) is 3.67. The van der Waals surface area contributed by atoms with Crippen molar-refractivity contribution in [3.05, 3.63) is 34.9 Å². The number of nitriles is 1. The van der Waals surface area contributed by atoms with Gasteiger partial charge < -0.3 is 5.32 Å². The Kier molecular flexibility index (Phi) is 3.63. The lowest BCUT2D eigenvalue weighted by atomic mass is 10.00. The van der Waals surface area contributed by atoms with Crippen LogP contribution in [0.25, 0.3) is 0 Å². The van der Waals surface area contributed by atoms with E-state index < -0.39 is 11.6 Å². The molecule has 2 rings (SSSR count). The van der Waals surface area contributed by atoms with Crippen molar-refractivity contribution in [2.75, 3.05) is 0 Å². The molecule has 0 saturated heterocycles. The van der Waals surface area contributed by atoms with E-state index in [-0.39, 0.29) is 23.2 Å². The fourth-order valence-corrected chi connectivity index (χ4v) is 2.47. The van der Waals surface area contributed by atoms with Crippen LogP contribution >= 0.6 is 0 Å². The SMILES string of the molecule is CC1(NCc2c(F)cc(C#N)cc2F)CCCC1. The minimum Gasteiger partial charge on any atom is -0.307 e. The monoisotopic (exact) mass is 250 g/mol. The van der Waals surface area contributed by atoms with Gasteiger partial charge in [-0.2, -0.15) is 5.26 Å². The molecular weight excluding hydrogens is 234 g/mol. The van der Waals surface area contributed by atoms with E-state index in [9.17, 15) is 8.78 Å². The Morgan fingerprint density at radius 2 is 1.83 bits per heavy atom. The maximum absolute atomic E-state index is 13.7. The molecule has 1 aromatic rings. The van der Waals surface area contributed by atoms with Crippen molar-refractivity contribution in [1.82, 2.24) is 5.32 Å². The van der Waals surface area contributed by atoms with Crippen LogP contribution in [0.1, 0.15) is 43.7 Å². The predicted molar refractivity (Wildman–Crippen MR) is 64.8 cm³/mol. The van der Waals surface area contributed by atoms with Crippen molar-refractivity contribution in [3.8, 4) is 6.07 Å². The summed E-state index contributed by atoms with van der Waals surface area (Å²) in [5, 5.41) is 11.9. The van der Waals surface area contributed by atoms with Gasteiger partial charge in [0.25, 0.3) is 0 Å². The van der Waals surface area contributed by atoms with E-state index in [0.717, 1.165) is 37.8 Å². The maximum Gasteiger partial charge on any atom is 0.131 e. The van der Waals surface area contributed by atoms with Gasteiger partial charge in [-0.05, 0) is 31.9 Å². The molecule has 1 aromatic carbocycles. The first kappa shape index (κ1) is 13.0. The number of nitrogens with one attached hydrogen (secondary N) is 1. The highest BCUT2D eigenvalue weighted by Gasteiger charge is 2.28. The van der Waals surface area contributed by atoms with Crippen LogP contribution in [-0.4, -0.2) is 5.54 Å². The molecule has 1 fully saturated rings. The minimum absolute atomic E-state index is 0.0147. The number of halogens is 2. The molecule has 1 aliphatic carbocycles. The highest BCUT2D eigenvalue weighted by Crippen LogP contribution is 2.29. The molecule has 0 spiro atoms. The normalized spacial score (nSPS) is 17.7. The molecule has 0 heterocycles. The summed E-state index contributed by atoms with van der Waals surface area (Å²) >= 11 is 0. The molecule has 96 valence electrons. The molecule has 0 radical (unpaired) electrons. The second-order valence-corrected chi connectivity index (χ2v) is 5.15. The quantitative estimate of drug-likeness (QED) is 0.893. The van der Waals surface area contributed by atoms with Gasteiger partial charge in [0, 0.05) is 17.6 Å². The zero-order chi connectivity index (χ0) is 13.2. The fourth-order valence-electron chi connectivity index (χ4n) is 2.47. The molecule has 1 aliphatic rings. The van der Waals surface area contributed by atoms with E-state index in [2.05, 4.69) is 12.2 Å². The molecule has 1 saturated carbocycles. The van der Waals surface area contributed by atoms with Crippen molar-refractivity contribution in [2.45, 2.75) is 44.7 Å². The molecule has 0 aromatic heterocycles. The average molecular weight is 250 g/mol. The van der Waals surface area contributed by atoms with Gasteiger partial charge in [0.05, 0.1) is 11.6 Å². The summed E-state index contributed by atoms with van der Waals surface area (Å²) in [7, 11) is 0. The minimum atomic E-state index is -0.652. The number of rotatable bonds is 3. The molecular formula is C14H16F2N2. The van der Waals surface area contributed by atoms with Gasteiger partial charge in [0.1, 0.15) is 11.6 Å². The molecule has 0 amide bonds. The standard InChI is InChI=1S/C14H16F2N2/c1-14(4-2-3-5-14)18-9-11-12(15)6-10(8-17)7-13(11)16/h6-7,18H,2-5,9H2,1H3. The summed E-state index contributed by atoms with van der Waals surface area (Å²) < 4.78 is 27.3. The molecule has 0 unspecified atom stereocenters. The van der Waals surface area contributed by atoms with Gasteiger partial charge in [0.15, 0.2) is 0 Å². The summed E-state index contributed by atoms with van der Waals surface area (Å²) in [5.41, 5.74) is 0.00946. The summed E-state index contributed by atoms with van der Waals surface area (Å²) in [4.78, 5) is 0. The molecule has 1 N–H and O–H groups in total. The predicted octanol–water partition coefficient (Wildman–Crippen LogP) is 3.26. The fraction of sp³-hybridized carbons (Fsp3) is 0.500. The summed E-state index contributed by atoms with van der Waals surface area (Å²) in [6.45, 7) is 2.25. The lowest BCUT2D eigenvalue weighted by Gasteiger charge is -2.25.